The van der Waals surface area contributed by atoms with Gasteiger partial charge in [-0.25, -0.2) is 8.42 Å². The summed E-state index contributed by atoms with van der Waals surface area (Å²) >= 11 is 5.74. The van der Waals surface area contributed by atoms with Gasteiger partial charge < -0.3 is 9.90 Å². The van der Waals surface area contributed by atoms with Crippen molar-refractivity contribution in [2.45, 2.75) is 13.0 Å². The normalized spacial score (nSPS) is 13.1. The van der Waals surface area contributed by atoms with Crippen LogP contribution in [0.1, 0.15) is 6.92 Å². The monoisotopic (exact) mass is 276 g/mol. The van der Waals surface area contributed by atoms with E-state index in [9.17, 15) is 18.3 Å². The molecule has 0 heterocycles. The van der Waals surface area contributed by atoms with Gasteiger partial charge in [-0.1, -0.05) is 17.7 Å². The average molecular weight is 277 g/mol. The SMILES string of the molecule is C[C@H](C(=O)[O-])N(c1cccc(Cl)c1)S(C)(=O)=O. The lowest BCUT2D eigenvalue weighted by atomic mass is 10.2. The number of carboxylic acid groups (broad SMARTS) is 1. The Kier molecular flexibility index (Phi) is 4.00. The molecule has 94 valence electrons. The summed E-state index contributed by atoms with van der Waals surface area (Å²) in [7, 11) is -3.73. The fourth-order valence-corrected chi connectivity index (χ4v) is 2.75. The van der Waals surface area contributed by atoms with E-state index in [0.717, 1.165) is 10.6 Å². The van der Waals surface area contributed by atoms with Crippen LogP contribution in [0.25, 0.3) is 0 Å². The number of hydrogen-bond donors (Lipinski definition) is 0. The van der Waals surface area contributed by atoms with Crippen molar-refractivity contribution in [3.05, 3.63) is 29.3 Å². The summed E-state index contributed by atoms with van der Waals surface area (Å²) in [5.74, 6) is -1.48. The van der Waals surface area contributed by atoms with Crippen molar-refractivity contribution in [1.29, 1.82) is 0 Å². The first-order chi connectivity index (χ1) is 7.73. The fourth-order valence-electron chi connectivity index (χ4n) is 1.41. The van der Waals surface area contributed by atoms with Crippen LogP contribution in [0.5, 0.6) is 0 Å². The maximum absolute atomic E-state index is 11.6. The van der Waals surface area contributed by atoms with Crippen LogP contribution < -0.4 is 9.41 Å². The van der Waals surface area contributed by atoms with Gasteiger partial charge in [0.05, 0.1) is 24.0 Å². The molecule has 1 atom stereocenters. The lowest BCUT2D eigenvalue weighted by molar-refractivity contribution is -0.306. The molecule has 1 aromatic rings. The largest absolute Gasteiger partial charge is 0.548 e. The molecule has 0 amide bonds. The minimum atomic E-state index is -3.73. The number of rotatable bonds is 4. The molecule has 0 aliphatic heterocycles. The first kappa shape index (κ1) is 13.8. The number of aliphatic carboxylic acids is 1. The maximum atomic E-state index is 11.6. The van der Waals surface area contributed by atoms with E-state index in [4.69, 9.17) is 11.6 Å². The zero-order valence-corrected chi connectivity index (χ0v) is 10.8. The molecule has 17 heavy (non-hydrogen) atoms. The Morgan fingerprint density at radius 3 is 2.47 bits per heavy atom. The molecule has 0 radical (unpaired) electrons. The van der Waals surface area contributed by atoms with E-state index < -0.39 is 22.0 Å². The van der Waals surface area contributed by atoms with Gasteiger partial charge in [-0.05, 0) is 25.1 Å². The number of nitrogens with zero attached hydrogens (tertiary/aromatic N) is 1. The second-order valence-corrected chi connectivity index (χ2v) is 5.83. The van der Waals surface area contributed by atoms with Crippen molar-refractivity contribution >= 4 is 33.3 Å². The number of anilines is 1. The Morgan fingerprint density at radius 2 is 2.06 bits per heavy atom. The second-order valence-electron chi connectivity index (χ2n) is 3.53. The smallest absolute Gasteiger partial charge is 0.232 e. The van der Waals surface area contributed by atoms with Crippen LogP contribution in [-0.2, 0) is 14.8 Å². The first-order valence-electron chi connectivity index (χ1n) is 4.69. The minimum absolute atomic E-state index is 0.191. The first-order valence-corrected chi connectivity index (χ1v) is 6.92. The quantitative estimate of drug-likeness (QED) is 0.789. The summed E-state index contributed by atoms with van der Waals surface area (Å²) in [4.78, 5) is 10.8. The summed E-state index contributed by atoms with van der Waals surface area (Å²) in [5.41, 5.74) is 0.191. The zero-order chi connectivity index (χ0) is 13.2. The molecular weight excluding hydrogens is 266 g/mol. The highest BCUT2D eigenvalue weighted by Crippen LogP contribution is 2.23. The molecule has 7 heteroatoms. The zero-order valence-electron chi connectivity index (χ0n) is 9.25. The highest BCUT2D eigenvalue weighted by molar-refractivity contribution is 7.92. The standard InChI is InChI=1S/C10H12ClNO4S/c1-7(10(13)14)12(17(2,15)16)9-5-3-4-8(11)6-9/h3-7H,1-2H3,(H,13,14)/p-1/t7-/m1/s1. The van der Waals surface area contributed by atoms with Crippen LogP contribution in [0, 0.1) is 0 Å². The van der Waals surface area contributed by atoms with E-state index in [0.29, 0.717) is 5.02 Å². The molecule has 0 spiro atoms. The van der Waals surface area contributed by atoms with Gasteiger partial charge in [-0.3, -0.25) is 4.31 Å². The van der Waals surface area contributed by atoms with Crippen LogP contribution in [0.4, 0.5) is 5.69 Å². The van der Waals surface area contributed by atoms with E-state index >= 15 is 0 Å². The molecule has 0 fully saturated rings. The van der Waals surface area contributed by atoms with E-state index in [1.54, 1.807) is 6.07 Å². The van der Waals surface area contributed by atoms with Gasteiger partial charge in [0.15, 0.2) is 0 Å². The summed E-state index contributed by atoms with van der Waals surface area (Å²) in [5, 5.41) is 11.1. The minimum Gasteiger partial charge on any atom is -0.548 e. The lowest BCUT2D eigenvalue weighted by Gasteiger charge is -2.29. The molecule has 0 aliphatic rings. The van der Waals surface area contributed by atoms with Crippen LogP contribution in [0.15, 0.2) is 24.3 Å². The molecule has 0 bridgehead atoms. The van der Waals surface area contributed by atoms with Crippen LogP contribution in [0.3, 0.4) is 0 Å². The Balaban J connectivity index is 3.30. The molecule has 0 N–H and O–H groups in total. The Hall–Kier alpha value is -1.27. The van der Waals surface area contributed by atoms with Gasteiger partial charge in [-0.2, -0.15) is 0 Å². The van der Waals surface area contributed by atoms with Crippen molar-refractivity contribution in [2.75, 3.05) is 10.6 Å². The molecule has 0 saturated heterocycles. The van der Waals surface area contributed by atoms with E-state index in [-0.39, 0.29) is 5.69 Å². The van der Waals surface area contributed by atoms with Crippen LogP contribution in [0.2, 0.25) is 5.02 Å². The highest BCUT2D eigenvalue weighted by Gasteiger charge is 2.24. The van der Waals surface area contributed by atoms with Crippen molar-refractivity contribution in [1.82, 2.24) is 0 Å². The number of carboxylic acids is 1. The number of benzene rings is 1. The lowest BCUT2D eigenvalue weighted by Crippen LogP contribution is -2.48. The van der Waals surface area contributed by atoms with Crippen molar-refractivity contribution < 1.29 is 18.3 Å². The number of halogens is 1. The third kappa shape index (κ3) is 3.34. The van der Waals surface area contributed by atoms with Gasteiger partial charge in [0.1, 0.15) is 0 Å². The van der Waals surface area contributed by atoms with Crippen LogP contribution >= 0.6 is 11.6 Å². The molecule has 1 aromatic carbocycles. The number of sulfonamides is 1. The molecule has 0 saturated carbocycles. The van der Waals surface area contributed by atoms with Gasteiger partial charge in [-0.15, -0.1) is 0 Å². The van der Waals surface area contributed by atoms with Gasteiger partial charge in [0, 0.05) is 5.02 Å². The third-order valence-corrected chi connectivity index (χ3v) is 3.59. The molecule has 1 rings (SSSR count). The summed E-state index contributed by atoms with van der Waals surface area (Å²) in [6, 6.07) is 4.64. The molecule has 5 nitrogen and oxygen atoms in total. The van der Waals surface area contributed by atoms with Gasteiger partial charge >= 0.3 is 0 Å². The van der Waals surface area contributed by atoms with E-state index in [1.165, 1.54) is 25.1 Å². The highest BCUT2D eigenvalue weighted by atomic mass is 35.5. The molecule has 0 unspecified atom stereocenters. The summed E-state index contributed by atoms with van der Waals surface area (Å²) in [6.07, 6.45) is 0.924. The average Bonchev–Trinajstić information content (AvgIpc) is 2.15. The molecule has 0 aliphatic carbocycles. The predicted octanol–water partition coefficient (Wildman–Crippen LogP) is 0.244. The number of hydrogen-bond acceptors (Lipinski definition) is 4. The van der Waals surface area contributed by atoms with Crippen molar-refractivity contribution in [3.8, 4) is 0 Å². The maximum Gasteiger partial charge on any atom is 0.232 e. The summed E-state index contributed by atoms with van der Waals surface area (Å²) < 4.78 is 23.9. The predicted molar refractivity (Wildman–Crippen MR) is 63.2 cm³/mol. The molecule has 0 aromatic heterocycles. The van der Waals surface area contributed by atoms with E-state index in [1.807, 2.05) is 0 Å². The Labute approximate surface area is 105 Å². The number of carbonyl (C=O) groups is 1. The fraction of sp³-hybridized carbons (Fsp3) is 0.300. The Bertz CT molecular complexity index is 529. The second kappa shape index (κ2) is 4.93. The summed E-state index contributed by atoms with van der Waals surface area (Å²) in [6.45, 7) is 1.23. The number of carbonyl (C=O) groups excluding carboxylic acids is 1. The van der Waals surface area contributed by atoms with Crippen molar-refractivity contribution in [3.63, 3.8) is 0 Å². The van der Waals surface area contributed by atoms with Gasteiger partial charge in [0.25, 0.3) is 0 Å². The third-order valence-electron chi connectivity index (χ3n) is 2.11. The topological polar surface area (TPSA) is 77.5 Å². The Morgan fingerprint density at radius 1 is 1.47 bits per heavy atom. The van der Waals surface area contributed by atoms with E-state index in [2.05, 4.69) is 0 Å². The van der Waals surface area contributed by atoms with Crippen molar-refractivity contribution in [2.24, 2.45) is 0 Å². The molecular formula is C10H11ClNO4S-. The van der Waals surface area contributed by atoms with Gasteiger partial charge in [0.2, 0.25) is 10.0 Å². The van der Waals surface area contributed by atoms with Crippen LogP contribution in [-0.4, -0.2) is 26.7 Å².